The third-order valence-corrected chi connectivity index (χ3v) is 4.69. The van der Waals surface area contributed by atoms with Crippen molar-refractivity contribution in [1.82, 2.24) is 10.6 Å². The Hall–Kier alpha value is -1.88. The van der Waals surface area contributed by atoms with E-state index in [1.165, 1.54) is 0 Å². The van der Waals surface area contributed by atoms with E-state index in [1.807, 2.05) is 44.2 Å². The third kappa shape index (κ3) is 5.06. The van der Waals surface area contributed by atoms with Gasteiger partial charge in [0, 0.05) is 18.6 Å². The molecule has 1 aromatic carbocycles. The van der Waals surface area contributed by atoms with E-state index in [2.05, 4.69) is 10.6 Å². The third-order valence-electron chi connectivity index (χ3n) is 4.69. The van der Waals surface area contributed by atoms with Gasteiger partial charge < -0.3 is 15.7 Å². The summed E-state index contributed by atoms with van der Waals surface area (Å²) < 4.78 is 0. The van der Waals surface area contributed by atoms with E-state index in [9.17, 15) is 14.7 Å². The maximum absolute atomic E-state index is 12.6. The van der Waals surface area contributed by atoms with Gasteiger partial charge in [-0.05, 0) is 24.3 Å². The van der Waals surface area contributed by atoms with E-state index in [0.717, 1.165) is 24.8 Å². The first-order valence-corrected chi connectivity index (χ1v) is 8.75. The zero-order chi connectivity index (χ0) is 17.5. The van der Waals surface area contributed by atoms with Gasteiger partial charge in [0.1, 0.15) is 6.04 Å². The van der Waals surface area contributed by atoms with Gasteiger partial charge in [0.25, 0.3) is 0 Å². The summed E-state index contributed by atoms with van der Waals surface area (Å²) in [5, 5.41) is 15.3. The van der Waals surface area contributed by atoms with Crippen molar-refractivity contribution in [2.24, 2.45) is 11.8 Å². The summed E-state index contributed by atoms with van der Waals surface area (Å²) in [5.74, 6) is -0.183. The molecule has 1 aromatic rings. The number of aliphatic hydroxyl groups is 1. The second-order valence-corrected chi connectivity index (χ2v) is 6.94. The highest BCUT2D eigenvalue weighted by Gasteiger charge is 2.31. The molecule has 0 unspecified atom stereocenters. The number of rotatable bonds is 7. The molecule has 24 heavy (non-hydrogen) atoms. The molecule has 2 amide bonds. The fourth-order valence-electron chi connectivity index (χ4n) is 3.26. The fraction of sp³-hybridized carbons (Fsp3) is 0.579. The first-order valence-electron chi connectivity index (χ1n) is 8.75. The highest BCUT2D eigenvalue weighted by molar-refractivity contribution is 5.88. The molecular weight excluding hydrogens is 304 g/mol. The van der Waals surface area contributed by atoms with E-state index in [4.69, 9.17) is 0 Å². The second kappa shape index (κ2) is 8.83. The van der Waals surface area contributed by atoms with Gasteiger partial charge in [-0.2, -0.15) is 0 Å². The molecule has 0 aromatic heterocycles. The zero-order valence-electron chi connectivity index (χ0n) is 14.5. The van der Waals surface area contributed by atoms with Crippen molar-refractivity contribution < 1.29 is 14.7 Å². The summed E-state index contributed by atoms with van der Waals surface area (Å²) in [6.45, 7) is 3.94. The second-order valence-electron chi connectivity index (χ2n) is 6.94. The maximum atomic E-state index is 12.6. The van der Waals surface area contributed by atoms with Crippen molar-refractivity contribution in [1.29, 1.82) is 0 Å². The lowest BCUT2D eigenvalue weighted by Gasteiger charge is -2.26. The average Bonchev–Trinajstić information content (AvgIpc) is 3.00. The Balaban J connectivity index is 1.93. The van der Waals surface area contributed by atoms with E-state index in [0.29, 0.717) is 0 Å². The van der Waals surface area contributed by atoms with Crippen molar-refractivity contribution in [2.75, 3.05) is 6.61 Å². The predicted octanol–water partition coefficient (Wildman–Crippen LogP) is 1.65. The van der Waals surface area contributed by atoms with E-state index in [1.54, 1.807) is 0 Å². The standard InChI is InChI=1S/C19H28N2O3/c1-13(2)18(19(24)20-16-10-6-9-15(16)12-22)21-17(23)11-14-7-4-3-5-8-14/h3-5,7-8,13,15-16,18,22H,6,9-12H2,1-2H3,(H,20,24)(H,21,23)/t15-,16-,18+/m1/s1. The largest absolute Gasteiger partial charge is 0.396 e. The molecule has 0 bridgehead atoms. The van der Waals surface area contributed by atoms with Crippen LogP contribution in [0.3, 0.4) is 0 Å². The van der Waals surface area contributed by atoms with Gasteiger partial charge in [-0.3, -0.25) is 9.59 Å². The van der Waals surface area contributed by atoms with Gasteiger partial charge in [-0.25, -0.2) is 0 Å². The SMILES string of the molecule is CC(C)[C@H](NC(=O)Cc1ccccc1)C(=O)N[C@@H]1CCC[C@@H]1CO. The first-order chi connectivity index (χ1) is 11.5. The topological polar surface area (TPSA) is 78.4 Å². The van der Waals surface area contributed by atoms with Crippen molar-refractivity contribution in [2.45, 2.75) is 51.6 Å². The molecule has 0 aliphatic heterocycles. The number of hydrogen-bond donors (Lipinski definition) is 3. The van der Waals surface area contributed by atoms with Crippen LogP contribution >= 0.6 is 0 Å². The monoisotopic (exact) mass is 332 g/mol. The molecule has 2 rings (SSSR count). The van der Waals surface area contributed by atoms with Crippen molar-refractivity contribution in [3.8, 4) is 0 Å². The number of nitrogens with one attached hydrogen (secondary N) is 2. The summed E-state index contributed by atoms with van der Waals surface area (Å²) in [7, 11) is 0. The minimum absolute atomic E-state index is 0.00120. The molecule has 5 nitrogen and oxygen atoms in total. The van der Waals surface area contributed by atoms with E-state index >= 15 is 0 Å². The average molecular weight is 332 g/mol. The minimum atomic E-state index is -0.554. The van der Waals surface area contributed by atoms with Gasteiger partial charge in [-0.1, -0.05) is 50.6 Å². The molecule has 0 spiro atoms. The van der Waals surface area contributed by atoms with Crippen LogP contribution in [0.1, 0.15) is 38.7 Å². The summed E-state index contributed by atoms with van der Waals surface area (Å²) in [5.41, 5.74) is 0.925. The van der Waals surface area contributed by atoms with Crippen LogP contribution in [0.2, 0.25) is 0 Å². The van der Waals surface area contributed by atoms with Crippen molar-refractivity contribution in [3.05, 3.63) is 35.9 Å². The normalized spacial score (nSPS) is 21.5. The Morgan fingerprint density at radius 2 is 1.92 bits per heavy atom. The smallest absolute Gasteiger partial charge is 0.243 e. The highest BCUT2D eigenvalue weighted by atomic mass is 16.3. The Labute approximate surface area is 143 Å². The van der Waals surface area contributed by atoms with E-state index < -0.39 is 6.04 Å². The van der Waals surface area contributed by atoms with Crippen molar-refractivity contribution in [3.63, 3.8) is 0 Å². The fourth-order valence-corrected chi connectivity index (χ4v) is 3.26. The Morgan fingerprint density at radius 3 is 2.54 bits per heavy atom. The number of amides is 2. The Kier molecular flexibility index (Phi) is 6.79. The summed E-state index contributed by atoms with van der Waals surface area (Å²) in [6, 6.07) is 8.94. The van der Waals surface area contributed by atoms with Crippen LogP contribution in [0.25, 0.3) is 0 Å². The molecule has 1 aliphatic carbocycles. The lowest BCUT2D eigenvalue weighted by Crippen LogP contribution is -2.53. The first kappa shape index (κ1) is 18.5. The molecule has 0 radical (unpaired) electrons. The van der Waals surface area contributed by atoms with E-state index in [-0.39, 0.29) is 42.7 Å². The maximum Gasteiger partial charge on any atom is 0.243 e. The van der Waals surface area contributed by atoms with Crippen LogP contribution in [-0.4, -0.2) is 35.6 Å². The van der Waals surface area contributed by atoms with Gasteiger partial charge in [-0.15, -0.1) is 0 Å². The summed E-state index contributed by atoms with van der Waals surface area (Å²) in [4.78, 5) is 24.8. The molecule has 132 valence electrons. The van der Waals surface area contributed by atoms with Crippen LogP contribution in [-0.2, 0) is 16.0 Å². The van der Waals surface area contributed by atoms with Gasteiger partial charge in [0.05, 0.1) is 6.42 Å². The quantitative estimate of drug-likeness (QED) is 0.710. The van der Waals surface area contributed by atoms with Gasteiger partial charge >= 0.3 is 0 Å². The van der Waals surface area contributed by atoms with Crippen molar-refractivity contribution >= 4 is 11.8 Å². The number of benzene rings is 1. The predicted molar refractivity (Wildman–Crippen MR) is 93.3 cm³/mol. The summed E-state index contributed by atoms with van der Waals surface area (Å²) in [6.07, 6.45) is 3.11. The number of carbonyl (C=O) groups is 2. The van der Waals surface area contributed by atoms with Crippen LogP contribution in [0.4, 0.5) is 0 Å². The van der Waals surface area contributed by atoms with Gasteiger partial charge in [0.2, 0.25) is 11.8 Å². The van der Waals surface area contributed by atoms with Crippen LogP contribution in [0.15, 0.2) is 30.3 Å². The lowest BCUT2D eigenvalue weighted by molar-refractivity contribution is -0.130. The molecular formula is C19H28N2O3. The zero-order valence-corrected chi connectivity index (χ0v) is 14.5. The lowest BCUT2D eigenvalue weighted by atomic mass is 10.00. The molecule has 0 heterocycles. The molecule has 1 fully saturated rings. The molecule has 0 saturated heterocycles. The van der Waals surface area contributed by atoms with Gasteiger partial charge in [0.15, 0.2) is 0 Å². The Bertz CT molecular complexity index is 545. The Morgan fingerprint density at radius 1 is 1.21 bits per heavy atom. The number of aliphatic hydroxyl groups excluding tert-OH is 1. The number of hydrogen-bond acceptors (Lipinski definition) is 3. The van der Waals surface area contributed by atoms with Crippen LogP contribution in [0, 0.1) is 11.8 Å². The molecule has 3 N–H and O–H groups in total. The molecule has 1 aliphatic rings. The molecule has 3 atom stereocenters. The molecule has 5 heteroatoms. The van der Waals surface area contributed by atoms with Crippen LogP contribution in [0.5, 0.6) is 0 Å². The minimum Gasteiger partial charge on any atom is -0.396 e. The number of carbonyl (C=O) groups excluding carboxylic acids is 2. The van der Waals surface area contributed by atoms with Crippen LogP contribution < -0.4 is 10.6 Å². The highest BCUT2D eigenvalue weighted by Crippen LogP contribution is 2.25. The molecule has 1 saturated carbocycles. The summed E-state index contributed by atoms with van der Waals surface area (Å²) >= 11 is 0.